The number of phenolic OH excluding ortho intramolecular Hbond substituents is 1. The van der Waals surface area contributed by atoms with Crippen molar-refractivity contribution < 1.29 is 14.3 Å². The van der Waals surface area contributed by atoms with Crippen LogP contribution >= 0.6 is 0 Å². The summed E-state index contributed by atoms with van der Waals surface area (Å²) in [6.07, 6.45) is 2.24. The highest BCUT2D eigenvalue weighted by Gasteiger charge is 2.26. The van der Waals surface area contributed by atoms with Crippen LogP contribution in [-0.2, 0) is 13.0 Å². The molecule has 1 aromatic heterocycles. The molecule has 2 aromatic carbocycles. The van der Waals surface area contributed by atoms with Crippen LogP contribution in [0.3, 0.4) is 0 Å². The van der Waals surface area contributed by atoms with Crippen molar-refractivity contribution in [3.05, 3.63) is 70.9 Å². The first-order chi connectivity index (χ1) is 13.4. The summed E-state index contributed by atoms with van der Waals surface area (Å²) in [5.41, 5.74) is 5.89. The molecule has 1 amide bonds. The normalized spacial score (nSPS) is 13.6. The fraction of sp³-hybridized carbons (Fsp3) is 0.304. The number of phenols is 1. The predicted octanol–water partition coefficient (Wildman–Crippen LogP) is 4.68. The van der Waals surface area contributed by atoms with E-state index in [1.165, 1.54) is 11.8 Å². The lowest BCUT2D eigenvalue weighted by Crippen LogP contribution is -2.36. The van der Waals surface area contributed by atoms with Gasteiger partial charge in [0, 0.05) is 19.0 Å². The Kier molecular flexibility index (Phi) is 4.67. The quantitative estimate of drug-likeness (QED) is 0.721. The Morgan fingerprint density at radius 1 is 1.25 bits per heavy atom. The number of aryl methyl sites for hydroxylation is 1. The van der Waals surface area contributed by atoms with Crippen molar-refractivity contribution in [1.29, 1.82) is 0 Å². The summed E-state index contributed by atoms with van der Waals surface area (Å²) in [5.74, 6) is 0.955. The molecular weight excluding hydrogens is 352 g/mol. The molecule has 5 heteroatoms. The van der Waals surface area contributed by atoms with Crippen LogP contribution < -0.4 is 0 Å². The van der Waals surface area contributed by atoms with E-state index < -0.39 is 0 Å². The molecule has 2 heterocycles. The van der Waals surface area contributed by atoms with E-state index in [2.05, 4.69) is 17.1 Å². The second-order valence-electron chi connectivity index (χ2n) is 7.65. The minimum Gasteiger partial charge on any atom is -0.508 e. The molecule has 0 unspecified atom stereocenters. The number of nitrogens with zero attached hydrogens (tertiary/aromatic N) is 2. The standard InChI is InChI=1S/C23H24N2O3/c1-14(2)22-24-20(13-28-22)23(27)25-10-9-19-17(12-25)5-4-6-18(19)16-7-8-21(26)15(3)11-16/h4-8,11,13-14,26H,9-10,12H2,1-3H3. The minimum atomic E-state index is -0.0906. The van der Waals surface area contributed by atoms with Gasteiger partial charge in [-0.05, 0) is 53.3 Å². The van der Waals surface area contributed by atoms with Gasteiger partial charge in [-0.2, -0.15) is 0 Å². The van der Waals surface area contributed by atoms with Crippen molar-refractivity contribution in [3.63, 3.8) is 0 Å². The van der Waals surface area contributed by atoms with Gasteiger partial charge in [0.05, 0.1) is 0 Å². The Labute approximate surface area is 164 Å². The molecule has 28 heavy (non-hydrogen) atoms. The van der Waals surface area contributed by atoms with Gasteiger partial charge in [0.2, 0.25) is 0 Å². The van der Waals surface area contributed by atoms with Gasteiger partial charge in [-0.1, -0.05) is 38.1 Å². The van der Waals surface area contributed by atoms with Crippen LogP contribution in [0.4, 0.5) is 0 Å². The fourth-order valence-corrected chi connectivity index (χ4v) is 3.69. The van der Waals surface area contributed by atoms with Crippen LogP contribution in [0.2, 0.25) is 0 Å². The second kappa shape index (κ2) is 7.15. The van der Waals surface area contributed by atoms with E-state index in [1.807, 2.05) is 43.9 Å². The molecule has 1 aliphatic heterocycles. The van der Waals surface area contributed by atoms with Crippen LogP contribution in [0.5, 0.6) is 5.75 Å². The third-order valence-electron chi connectivity index (χ3n) is 5.30. The fourth-order valence-electron chi connectivity index (χ4n) is 3.69. The minimum absolute atomic E-state index is 0.0906. The second-order valence-corrected chi connectivity index (χ2v) is 7.65. The van der Waals surface area contributed by atoms with Gasteiger partial charge in [0.15, 0.2) is 11.6 Å². The molecule has 0 fully saturated rings. The van der Waals surface area contributed by atoms with Crippen molar-refractivity contribution in [3.8, 4) is 16.9 Å². The molecule has 0 atom stereocenters. The van der Waals surface area contributed by atoms with Crippen LogP contribution in [0.25, 0.3) is 11.1 Å². The lowest BCUT2D eigenvalue weighted by atomic mass is 9.90. The zero-order valence-electron chi connectivity index (χ0n) is 16.4. The summed E-state index contributed by atoms with van der Waals surface area (Å²) in [4.78, 5) is 19.0. The number of aromatic hydroxyl groups is 1. The summed E-state index contributed by atoms with van der Waals surface area (Å²) in [6.45, 7) is 7.08. The highest BCUT2D eigenvalue weighted by Crippen LogP contribution is 2.33. The first-order valence-corrected chi connectivity index (χ1v) is 9.59. The van der Waals surface area contributed by atoms with Crippen LogP contribution in [0.15, 0.2) is 47.1 Å². The highest BCUT2D eigenvalue weighted by atomic mass is 16.3. The van der Waals surface area contributed by atoms with E-state index in [4.69, 9.17) is 4.42 Å². The van der Waals surface area contributed by atoms with Crippen molar-refractivity contribution in [2.75, 3.05) is 6.54 Å². The molecule has 0 saturated heterocycles. The summed E-state index contributed by atoms with van der Waals surface area (Å²) < 4.78 is 5.43. The van der Waals surface area contributed by atoms with E-state index >= 15 is 0 Å². The third-order valence-corrected chi connectivity index (χ3v) is 5.30. The van der Waals surface area contributed by atoms with Gasteiger partial charge in [-0.15, -0.1) is 0 Å². The lowest BCUT2D eigenvalue weighted by Gasteiger charge is -2.29. The van der Waals surface area contributed by atoms with Gasteiger partial charge < -0.3 is 14.4 Å². The molecular formula is C23H24N2O3. The van der Waals surface area contributed by atoms with Gasteiger partial charge in [-0.3, -0.25) is 4.79 Å². The number of aromatic nitrogens is 1. The number of rotatable bonds is 3. The maximum atomic E-state index is 12.9. The van der Waals surface area contributed by atoms with Crippen LogP contribution in [0.1, 0.15) is 52.8 Å². The van der Waals surface area contributed by atoms with Crippen molar-refractivity contribution >= 4 is 5.91 Å². The smallest absolute Gasteiger partial charge is 0.276 e. The summed E-state index contributed by atoms with van der Waals surface area (Å²) in [5, 5.41) is 9.81. The van der Waals surface area contributed by atoms with Gasteiger partial charge in [-0.25, -0.2) is 4.98 Å². The van der Waals surface area contributed by atoms with Gasteiger partial charge >= 0.3 is 0 Å². The molecule has 4 rings (SSSR count). The average Bonchev–Trinajstić information content (AvgIpc) is 3.19. The first kappa shape index (κ1) is 18.3. The maximum absolute atomic E-state index is 12.9. The van der Waals surface area contributed by atoms with E-state index in [1.54, 1.807) is 6.07 Å². The predicted molar refractivity (Wildman–Crippen MR) is 107 cm³/mol. The number of benzene rings is 2. The largest absolute Gasteiger partial charge is 0.508 e. The molecule has 0 saturated carbocycles. The Bertz CT molecular complexity index is 1040. The number of hydrogen-bond donors (Lipinski definition) is 1. The molecule has 0 bridgehead atoms. The van der Waals surface area contributed by atoms with E-state index in [-0.39, 0.29) is 11.8 Å². The zero-order chi connectivity index (χ0) is 19.8. The number of carbonyl (C=O) groups is 1. The topological polar surface area (TPSA) is 66.6 Å². The first-order valence-electron chi connectivity index (χ1n) is 9.59. The molecule has 0 radical (unpaired) electrons. The number of amides is 1. The monoisotopic (exact) mass is 376 g/mol. The van der Waals surface area contributed by atoms with Crippen molar-refractivity contribution in [1.82, 2.24) is 9.88 Å². The SMILES string of the molecule is Cc1cc(-c2cccc3c2CCN(C(=O)c2coc(C(C)C)n2)C3)ccc1O. The van der Waals surface area contributed by atoms with Crippen molar-refractivity contribution in [2.45, 2.75) is 39.7 Å². The van der Waals surface area contributed by atoms with E-state index in [0.717, 1.165) is 28.7 Å². The molecule has 1 aliphatic rings. The molecule has 0 spiro atoms. The molecule has 1 N–H and O–H groups in total. The Morgan fingerprint density at radius 3 is 2.79 bits per heavy atom. The molecule has 0 aliphatic carbocycles. The summed E-state index contributed by atoms with van der Waals surface area (Å²) in [7, 11) is 0. The summed E-state index contributed by atoms with van der Waals surface area (Å²) in [6, 6.07) is 11.9. The van der Waals surface area contributed by atoms with E-state index in [9.17, 15) is 9.90 Å². The number of hydrogen-bond acceptors (Lipinski definition) is 4. The highest BCUT2D eigenvalue weighted by molar-refractivity contribution is 5.92. The van der Waals surface area contributed by atoms with Crippen molar-refractivity contribution in [2.24, 2.45) is 0 Å². The Morgan fingerprint density at radius 2 is 2.07 bits per heavy atom. The number of oxazole rings is 1. The third kappa shape index (κ3) is 3.28. The Hall–Kier alpha value is -3.08. The molecule has 5 nitrogen and oxygen atoms in total. The van der Waals surface area contributed by atoms with E-state index in [0.29, 0.717) is 30.4 Å². The van der Waals surface area contributed by atoms with Gasteiger partial charge in [0.25, 0.3) is 5.91 Å². The summed E-state index contributed by atoms with van der Waals surface area (Å²) >= 11 is 0. The average molecular weight is 376 g/mol. The lowest BCUT2D eigenvalue weighted by molar-refractivity contribution is 0.0729. The van der Waals surface area contributed by atoms with Crippen LogP contribution in [0, 0.1) is 6.92 Å². The van der Waals surface area contributed by atoms with Gasteiger partial charge in [0.1, 0.15) is 12.0 Å². The Balaban J connectivity index is 1.61. The van der Waals surface area contributed by atoms with Crippen LogP contribution in [-0.4, -0.2) is 27.4 Å². The number of fused-ring (bicyclic) bond motifs is 1. The number of carbonyl (C=O) groups excluding carboxylic acids is 1. The maximum Gasteiger partial charge on any atom is 0.276 e. The zero-order valence-corrected chi connectivity index (χ0v) is 16.4. The molecule has 144 valence electrons. The molecule has 3 aromatic rings.